The number of fused-ring (bicyclic) bond motifs is 1. The number of aromatic nitrogens is 2. The van der Waals surface area contributed by atoms with Gasteiger partial charge in [0.25, 0.3) is 0 Å². The first-order valence-corrected chi connectivity index (χ1v) is 6.75. The van der Waals surface area contributed by atoms with Crippen LogP contribution in [0.4, 0.5) is 16.6 Å². The van der Waals surface area contributed by atoms with Crippen molar-refractivity contribution in [3.05, 3.63) is 11.8 Å². The van der Waals surface area contributed by atoms with E-state index in [9.17, 15) is 4.79 Å². The fourth-order valence-corrected chi connectivity index (χ4v) is 2.70. The molecule has 0 saturated carbocycles. The van der Waals surface area contributed by atoms with Gasteiger partial charge < -0.3 is 14.5 Å². The van der Waals surface area contributed by atoms with Crippen LogP contribution < -0.4 is 9.80 Å². The Balaban J connectivity index is 1.80. The summed E-state index contributed by atoms with van der Waals surface area (Å²) in [6.07, 6.45) is 1.65. The minimum absolute atomic E-state index is 0.115. The highest BCUT2D eigenvalue weighted by molar-refractivity contribution is 5.70. The zero-order valence-corrected chi connectivity index (χ0v) is 12.0. The van der Waals surface area contributed by atoms with Gasteiger partial charge in [0.1, 0.15) is 12.4 Å². The quantitative estimate of drug-likeness (QED) is 0.784. The molecule has 0 spiro atoms. The van der Waals surface area contributed by atoms with E-state index in [2.05, 4.69) is 14.9 Å². The predicted octanol–water partition coefficient (Wildman–Crippen LogP) is 0.492. The average Bonchev–Trinajstić information content (AvgIpc) is 2.80. The maximum atomic E-state index is 11.5. The Morgan fingerprint density at radius 1 is 1.40 bits per heavy atom. The van der Waals surface area contributed by atoms with Gasteiger partial charge in [-0.05, 0) is 6.92 Å². The third kappa shape index (κ3) is 2.13. The molecule has 3 heterocycles. The number of carbonyl (C=O) groups is 1. The topological polar surface area (TPSA) is 61.8 Å². The minimum Gasteiger partial charge on any atom is -0.447 e. The number of cyclic esters (lactones) is 1. The average molecular weight is 277 g/mol. The standard InChI is InChI=1S/C13H19N5O2/c1-9-6-14-12(15-11(9)16(2)3)17-4-5-18-10(7-17)8-20-13(18)19/h6,10H,4-5,7-8H2,1-3H3. The Bertz CT molecular complexity index is 533. The molecule has 0 bridgehead atoms. The van der Waals surface area contributed by atoms with E-state index < -0.39 is 0 Å². The number of ether oxygens (including phenoxy) is 1. The number of hydrogen-bond donors (Lipinski definition) is 0. The highest BCUT2D eigenvalue weighted by atomic mass is 16.6. The van der Waals surface area contributed by atoms with Crippen molar-refractivity contribution >= 4 is 17.9 Å². The van der Waals surface area contributed by atoms with Gasteiger partial charge in [-0.3, -0.25) is 4.90 Å². The van der Waals surface area contributed by atoms with Crippen LogP contribution in [0.2, 0.25) is 0 Å². The highest BCUT2D eigenvalue weighted by Gasteiger charge is 2.38. The van der Waals surface area contributed by atoms with Gasteiger partial charge in [-0.25, -0.2) is 9.78 Å². The Labute approximate surface area is 118 Å². The number of rotatable bonds is 2. The summed E-state index contributed by atoms with van der Waals surface area (Å²) in [4.78, 5) is 26.4. The second kappa shape index (κ2) is 4.81. The molecule has 1 amide bonds. The van der Waals surface area contributed by atoms with E-state index in [1.165, 1.54) is 0 Å². The molecule has 2 aliphatic heterocycles. The van der Waals surface area contributed by atoms with E-state index in [0.717, 1.165) is 30.4 Å². The van der Waals surface area contributed by atoms with Gasteiger partial charge in [0.15, 0.2) is 0 Å². The third-order valence-electron chi connectivity index (χ3n) is 3.76. The van der Waals surface area contributed by atoms with Crippen LogP contribution in [0.25, 0.3) is 0 Å². The van der Waals surface area contributed by atoms with Gasteiger partial charge >= 0.3 is 6.09 Å². The summed E-state index contributed by atoms with van der Waals surface area (Å²) in [5.74, 6) is 1.65. The molecular weight excluding hydrogens is 258 g/mol. The lowest BCUT2D eigenvalue weighted by atomic mass is 10.2. The second-order valence-electron chi connectivity index (χ2n) is 5.44. The fourth-order valence-electron chi connectivity index (χ4n) is 2.70. The Kier molecular flexibility index (Phi) is 3.11. The van der Waals surface area contributed by atoms with Crippen LogP contribution in [0, 0.1) is 6.92 Å². The number of hydrogen-bond acceptors (Lipinski definition) is 6. The van der Waals surface area contributed by atoms with Gasteiger partial charge in [0, 0.05) is 45.5 Å². The first-order valence-electron chi connectivity index (χ1n) is 6.75. The molecule has 0 aromatic carbocycles. The van der Waals surface area contributed by atoms with Gasteiger partial charge in [0.05, 0.1) is 6.04 Å². The summed E-state index contributed by atoms with van der Waals surface area (Å²) < 4.78 is 5.08. The molecule has 1 unspecified atom stereocenters. The van der Waals surface area contributed by atoms with Gasteiger partial charge in [-0.2, -0.15) is 4.98 Å². The number of carbonyl (C=O) groups excluding carboxylic acids is 1. The zero-order valence-electron chi connectivity index (χ0n) is 12.0. The molecule has 1 aromatic heterocycles. The summed E-state index contributed by atoms with van der Waals surface area (Å²) in [7, 11) is 3.95. The van der Waals surface area contributed by atoms with Crippen molar-refractivity contribution in [2.45, 2.75) is 13.0 Å². The molecule has 20 heavy (non-hydrogen) atoms. The maximum Gasteiger partial charge on any atom is 0.410 e. The minimum atomic E-state index is -0.201. The van der Waals surface area contributed by atoms with Crippen LogP contribution in [0.15, 0.2) is 6.20 Å². The molecule has 1 atom stereocenters. The molecule has 0 aliphatic carbocycles. The van der Waals surface area contributed by atoms with Crippen molar-refractivity contribution in [3.8, 4) is 0 Å². The molecule has 7 nitrogen and oxygen atoms in total. The second-order valence-corrected chi connectivity index (χ2v) is 5.44. The summed E-state index contributed by atoms with van der Waals surface area (Å²) in [5, 5.41) is 0. The van der Waals surface area contributed by atoms with Crippen molar-refractivity contribution in [2.75, 3.05) is 50.1 Å². The van der Waals surface area contributed by atoms with Gasteiger partial charge in [-0.15, -0.1) is 0 Å². The molecule has 108 valence electrons. The van der Waals surface area contributed by atoms with Crippen LogP contribution in [-0.2, 0) is 4.74 Å². The summed E-state index contributed by atoms with van der Waals surface area (Å²) in [6, 6.07) is 0.115. The molecule has 3 rings (SSSR count). The van der Waals surface area contributed by atoms with Crippen molar-refractivity contribution in [1.82, 2.24) is 14.9 Å². The van der Waals surface area contributed by atoms with E-state index in [4.69, 9.17) is 4.74 Å². The summed E-state index contributed by atoms with van der Waals surface area (Å²) in [6.45, 7) is 4.59. The van der Waals surface area contributed by atoms with E-state index in [-0.39, 0.29) is 12.1 Å². The van der Waals surface area contributed by atoms with Crippen LogP contribution in [0.1, 0.15) is 5.56 Å². The van der Waals surface area contributed by atoms with Crippen LogP contribution in [0.5, 0.6) is 0 Å². The van der Waals surface area contributed by atoms with Crippen molar-refractivity contribution in [2.24, 2.45) is 0 Å². The SMILES string of the molecule is Cc1cnc(N2CCN3C(=O)OCC3C2)nc1N(C)C. The normalized spacial score (nSPS) is 21.8. The third-order valence-corrected chi connectivity index (χ3v) is 3.76. The summed E-state index contributed by atoms with van der Waals surface area (Å²) >= 11 is 0. The Morgan fingerprint density at radius 3 is 2.95 bits per heavy atom. The number of piperazine rings is 1. The van der Waals surface area contributed by atoms with Crippen molar-refractivity contribution in [1.29, 1.82) is 0 Å². The maximum absolute atomic E-state index is 11.5. The highest BCUT2D eigenvalue weighted by Crippen LogP contribution is 2.23. The number of aryl methyl sites for hydroxylation is 1. The lowest BCUT2D eigenvalue weighted by Gasteiger charge is -2.35. The van der Waals surface area contributed by atoms with E-state index in [1.54, 1.807) is 4.90 Å². The number of amides is 1. The van der Waals surface area contributed by atoms with E-state index in [1.807, 2.05) is 32.1 Å². The molecule has 1 aromatic rings. The van der Waals surface area contributed by atoms with Crippen molar-refractivity contribution in [3.63, 3.8) is 0 Å². The van der Waals surface area contributed by atoms with Crippen LogP contribution in [0.3, 0.4) is 0 Å². The molecule has 0 N–H and O–H groups in total. The molecule has 2 aliphatic rings. The van der Waals surface area contributed by atoms with Crippen LogP contribution >= 0.6 is 0 Å². The van der Waals surface area contributed by atoms with Crippen molar-refractivity contribution < 1.29 is 9.53 Å². The fraction of sp³-hybridized carbons (Fsp3) is 0.615. The Morgan fingerprint density at radius 2 is 2.20 bits per heavy atom. The molecular formula is C13H19N5O2. The lowest BCUT2D eigenvalue weighted by molar-refractivity contribution is 0.157. The molecule has 2 saturated heterocycles. The molecule has 2 fully saturated rings. The monoisotopic (exact) mass is 277 g/mol. The first kappa shape index (κ1) is 13.0. The molecule has 0 radical (unpaired) electrons. The number of anilines is 2. The van der Waals surface area contributed by atoms with E-state index in [0.29, 0.717) is 13.2 Å². The van der Waals surface area contributed by atoms with Gasteiger partial charge in [0.2, 0.25) is 5.95 Å². The molecule has 7 heteroatoms. The number of nitrogens with zero attached hydrogens (tertiary/aromatic N) is 5. The smallest absolute Gasteiger partial charge is 0.410 e. The van der Waals surface area contributed by atoms with Gasteiger partial charge in [-0.1, -0.05) is 0 Å². The lowest BCUT2D eigenvalue weighted by Crippen LogP contribution is -2.52. The largest absolute Gasteiger partial charge is 0.447 e. The predicted molar refractivity (Wildman–Crippen MR) is 75.2 cm³/mol. The van der Waals surface area contributed by atoms with E-state index >= 15 is 0 Å². The first-order chi connectivity index (χ1) is 9.56. The van der Waals surface area contributed by atoms with Crippen LogP contribution in [-0.4, -0.2) is 67.3 Å². The zero-order chi connectivity index (χ0) is 14.3. The summed E-state index contributed by atoms with van der Waals surface area (Å²) in [5.41, 5.74) is 1.05. The Hall–Kier alpha value is -2.05.